The molecular weight excluding hydrogens is 314 g/mol. The van der Waals surface area contributed by atoms with Crippen molar-refractivity contribution in [1.82, 2.24) is 0 Å². The van der Waals surface area contributed by atoms with E-state index >= 15 is 0 Å². The first-order chi connectivity index (χ1) is 9.69. The number of hydrogen-bond donors (Lipinski definition) is 1. The standard InChI is InChI=1S/C17H24BrNO/c1-13-15(18)6-5-7-16(13)19-14-8-11-20-17(12-14)9-3-2-4-10-17/h5-7,14,19H,2-4,8-12H2,1H3. The fourth-order valence-corrected chi connectivity index (χ4v) is 4.05. The zero-order valence-electron chi connectivity index (χ0n) is 12.3. The van der Waals surface area contributed by atoms with Crippen molar-refractivity contribution >= 4 is 21.6 Å². The maximum absolute atomic E-state index is 6.18. The van der Waals surface area contributed by atoms with Crippen LogP contribution in [0, 0.1) is 6.92 Å². The number of rotatable bonds is 2. The fraction of sp³-hybridized carbons (Fsp3) is 0.647. The molecule has 0 radical (unpaired) electrons. The van der Waals surface area contributed by atoms with Gasteiger partial charge < -0.3 is 10.1 Å². The summed E-state index contributed by atoms with van der Waals surface area (Å²) in [5.41, 5.74) is 2.74. The number of halogens is 1. The van der Waals surface area contributed by atoms with E-state index in [0.717, 1.165) is 13.0 Å². The van der Waals surface area contributed by atoms with E-state index < -0.39 is 0 Å². The van der Waals surface area contributed by atoms with Crippen molar-refractivity contribution in [3.8, 4) is 0 Å². The van der Waals surface area contributed by atoms with E-state index in [1.54, 1.807) is 0 Å². The van der Waals surface area contributed by atoms with Gasteiger partial charge in [-0.1, -0.05) is 41.3 Å². The predicted molar refractivity (Wildman–Crippen MR) is 87.3 cm³/mol. The number of hydrogen-bond acceptors (Lipinski definition) is 2. The number of anilines is 1. The Kier molecular flexibility index (Phi) is 4.37. The number of benzene rings is 1. The summed E-state index contributed by atoms with van der Waals surface area (Å²) in [7, 11) is 0. The molecular formula is C17H24BrNO. The first-order valence-electron chi connectivity index (χ1n) is 7.84. The highest BCUT2D eigenvalue weighted by molar-refractivity contribution is 9.10. The van der Waals surface area contributed by atoms with Crippen molar-refractivity contribution in [1.29, 1.82) is 0 Å². The highest BCUT2D eigenvalue weighted by Gasteiger charge is 2.38. The predicted octanol–water partition coefficient (Wildman–Crippen LogP) is 5.05. The maximum Gasteiger partial charge on any atom is 0.0702 e. The van der Waals surface area contributed by atoms with Crippen molar-refractivity contribution in [2.45, 2.75) is 63.5 Å². The van der Waals surface area contributed by atoms with E-state index in [9.17, 15) is 0 Å². The van der Waals surface area contributed by atoms with Gasteiger partial charge in [-0.25, -0.2) is 0 Å². The van der Waals surface area contributed by atoms with Crippen LogP contribution in [0.2, 0.25) is 0 Å². The highest BCUT2D eigenvalue weighted by atomic mass is 79.9. The molecule has 2 aliphatic rings. The zero-order chi connectivity index (χ0) is 14.0. The van der Waals surface area contributed by atoms with E-state index in [-0.39, 0.29) is 5.60 Å². The van der Waals surface area contributed by atoms with Crippen LogP contribution in [-0.4, -0.2) is 18.2 Å². The third kappa shape index (κ3) is 3.04. The summed E-state index contributed by atoms with van der Waals surface area (Å²) in [6.07, 6.45) is 8.84. The van der Waals surface area contributed by atoms with E-state index in [4.69, 9.17) is 4.74 Å². The summed E-state index contributed by atoms with van der Waals surface area (Å²) in [5, 5.41) is 3.75. The van der Waals surface area contributed by atoms with Gasteiger partial charge in [-0.2, -0.15) is 0 Å². The first kappa shape index (κ1) is 14.4. The maximum atomic E-state index is 6.18. The highest BCUT2D eigenvalue weighted by Crippen LogP contribution is 2.39. The molecule has 1 heterocycles. The summed E-state index contributed by atoms with van der Waals surface area (Å²) in [4.78, 5) is 0. The molecule has 2 nitrogen and oxygen atoms in total. The number of nitrogens with one attached hydrogen (secondary N) is 1. The topological polar surface area (TPSA) is 21.3 Å². The minimum Gasteiger partial charge on any atom is -0.382 e. The molecule has 110 valence electrons. The Bertz CT molecular complexity index is 463. The summed E-state index contributed by atoms with van der Waals surface area (Å²) in [5.74, 6) is 0. The number of ether oxygens (including phenoxy) is 1. The lowest BCUT2D eigenvalue weighted by Crippen LogP contribution is -2.45. The van der Waals surface area contributed by atoms with Crippen LogP contribution >= 0.6 is 15.9 Å². The lowest BCUT2D eigenvalue weighted by molar-refractivity contribution is -0.103. The van der Waals surface area contributed by atoms with Gasteiger partial charge in [0.05, 0.1) is 5.60 Å². The average Bonchev–Trinajstić information content (AvgIpc) is 2.45. The quantitative estimate of drug-likeness (QED) is 0.815. The fourth-order valence-electron chi connectivity index (χ4n) is 3.68. The lowest BCUT2D eigenvalue weighted by atomic mass is 9.78. The molecule has 1 atom stereocenters. The van der Waals surface area contributed by atoms with Crippen LogP contribution in [0.1, 0.15) is 50.5 Å². The molecule has 1 N–H and O–H groups in total. The second-order valence-corrected chi connectivity index (χ2v) is 7.19. The van der Waals surface area contributed by atoms with Gasteiger partial charge in [0.25, 0.3) is 0 Å². The van der Waals surface area contributed by atoms with Gasteiger partial charge in [-0.15, -0.1) is 0 Å². The molecule has 0 amide bonds. The molecule has 1 saturated carbocycles. The summed E-state index contributed by atoms with van der Waals surface area (Å²) in [6.45, 7) is 3.08. The van der Waals surface area contributed by atoms with Crippen molar-refractivity contribution < 1.29 is 4.74 Å². The van der Waals surface area contributed by atoms with E-state index in [0.29, 0.717) is 6.04 Å². The zero-order valence-corrected chi connectivity index (χ0v) is 13.8. The van der Waals surface area contributed by atoms with Gasteiger partial charge in [0, 0.05) is 22.8 Å². The monoisotopic (exact) mass is 337 g/mol. The minimum absolute atomic E-state index is 0.175. The Morgan fingerprint density at radius 2 is 2.05 bits per heavy atom. The SMILES string of the molecule is Cc1c(Br)cccc1NC1CCOC2(CCCCC2)C1. The Labute approximate surface area is 130 Å². The molecule has 1 unspecified atom stereocenters. The summed E-state index contributed by atoms with van der Waals surface area (Å²) in [6, 6.07) is 6.94. The van der Waals surface area contributed by atoms with Crippen LogP contribution in [0.25, 0.3) is 0 Å². The van der Waals surface area contributed by atoms with Crippen LogP contribution < -0.4 is 5.32 Å². The molecule has 3 heteroatoms. The third-order valence-electron chi connectivity index (χ3n) is 4.89. The molecule has 1 aromatic rings. The molecule has 2 fully saturated rings. The second-order valence-electron chi connectivity index (χ2n) is 6.34. The van der Waals surface area contributed by atoms with Crippen LogP contribution in [0.3, 0.4) is 0 Å². The van der Waals surface area contributed by atoms with Gasteiger partial charge in [-0.05, 0) is 50.3 Å². The molecule has 20 heavy (non-hydrogen) atoms. The van der Waals surface area contributed by atoms with Crippen molar-refractivity contribution in [3.05, 3.63) is 28.2 Å². The van der Waals surface area contributed by atoms with Crippen LogP contribution in [0.4, 0.5) is 5.69 Å². The van der Waals surface area contributed by atoms with Gasteiger partial charge >= 0.3 is 0 Å². The Balaban J connectivity index is 1.69. The molecule has 3 rings (SSSR count). The second kappa shape index (κ2) is 6.07. The molecule has 1 spiro atoms. The minimum atomic E-state index is 0.175. The first-order valence-corrected chi connectivity index (χ1v) is 8.63. The van der Waals surface area contributed by atoms with Gasteiger partial charge in [0.1, 0.15) is 0 Å². The average molecular weight is 338 g/mol. The van der Waals surface area contributed by atoms with Gasteiger partial charge in [-0.3, -0.25) is 0 Å². The van der Waals surface area contributed by atoms with E-state index in [1.807, 2.05) is 0 Å². The van der Waals surface area contributed by atoms with Gasteiger partial charge in [0.2, 0.25) is 0 Å². The molecule has 1 aromatic carbocycles. The summed E-state index contributed by atoms with van der Waals surface area (Å²) < 4.78 is 7.36. The van der Waals surface area contributed by atoms with E-state index in [2.05, 4.69) is 46.4 Å². The van der Waals surface area contributed by atoms with Crippen molar-refractivity contribution in [2.24, 2.45) is 0 Å². The Morgan fingerprint density at radius 1 is 1.25 bits per heavy atom. The molecule has 0 bridgehead atoms. The van der Waals surface area contributed by atoms with Crippen LogP contribution in [0.15, 0.2) is 22.7 Å². The van der Waals surface area contributed by atoms with Gasteiger partial charge in [0.15, 0.2) is 0 Å². The largest absolute Gasteiger partial charge is 0.382 e. The third-order valence-corrected chi connectivity index (χ3v) is 5.74. The molecule has 1 aliphatic carbocycles. The van der Waals surface area contributed by atoms with E-state index in [1.165, 1.54) is 54.2 Å². The lowest BCUT2D eigenvalue weighted by Gasteiger charge is -2.44. The Hall–Kier alpha value is -0.540. The summed E-state index contributed by atoms with van der Waals surface area (Å²) >= 11 is 3.62. The normalized spacial score (nSPS) is 25.6. The molecule has 1 aliphatic heterocycles. The molecule has 1 saturated heterocycles. The van der Waals surface area contributed by atoms with Crippen molar-refractivity contribution in [2.75, 3.05) is 11.9 Å². The molecule has 0 aromatic heterocycles. The smallest absolute Gasteiger partial charge is 0.0702 e. The van der Waals surface area contributed by atoms with Crippen LogP contribution in [-0.2, 0) is 4.74 Å². The van der Waals surface area contributed by atoms with Crippen molar-refractivity contribution in [3.63, 3.8) is 0 Å². The van der Waals surface area contributed by atoms with Crippen LogP contribution in [0.5, 0.6) is 0 Å². The Morgan fingerprint density at radius 3 is 2.85 bits per heavy atom.